The summed E-state index contributed by atoms with van der Waals surface area (Å²) in [6.07, 6.45) is 2.83. The summed E-state index contributed by atoms with van der Waals surface area (Å²) in [4.78, 5) is 62.9. The number of nitrogens with zero attached hydrogens (tertiary/aromatic N) is 1. The van der Waals surface area contributed by atoms with Gasteiger partial charge in [0.05, 0.1) is 12.5 Å². The molecule has 1 heterocycles. The van der Waals surface area contributed by atoms with Gasteiger partial charge in [0.15, 0.2) is 0 Å². The lowest BCUT2D eigenvalue weighted by Gasteiger charge is -2.28. The van der Waals surface area contributed by atoms with Crippen molar-refractivity contribution in [1.82, 2.24) is 15.5 Å². The van der Waals surface area contributed by atoms with Gasteiger partial charge in [0.1, 0.15) is 18.1 Å². The molecule has 0 aliphatic carbocycles. The Labute approximate surface area is 208 Å². The van der Waals surface area contributed by atoms with E-state index < -0.39 is 53.8 Å². The monoisotopic (exact) mass is 507 g/mol. The van der Waals surface area contributed by atoms with E-state index in [9.17, 15) is 29.1 Å². The van der Waals surface area contributed by atoms with Gasteiger partial charge in [-0.1, -0.05) is 30.3 Å². The third kappa shape index (κ3) is 8.55. The number of nitrogens with one attached hydrogen (secondary N) is 2. The Kier molecular flexibility index (Phi) is 11.0. The molecule has 0 saturated carbocycles. The molecule has 0 spiro atoms. The molecular formula is C23H33N5O6S. The number of nitrogens with two attached hydrogens (primary N) is 2. The number of carbonyl (C=O) groups is 5. The first-order valence-electron chi connectivity index (χ1n) is 11.3. The van der Waals surface area contributed by atoms with Gasteiger partial charge in [-0.3, -0.25) is 19.2 Å². The minimum atomic E-state index is -1.19. The molecule has 1 saturated heterocycles. The van der Waals surface area contributed by atoms with Gasteiger partial charge in [-0.05, 0) is 36.8 Å². The molecule has 11 nitrogen and oxygen atoms in total. The first-order valence-corrected chi connectivity index (χ1v) is 12.7. The Bertz CT molecular complexity index is 915. The smallest absolute Gasteiger partial charge is 0.326 e. The summed E-state index contributed by atoms with van der Waals surface area (Å²) in [6.45, 7) is 0.295. The van der Waals surface area contributed by atoms with Crippen LogP contribution in [0.15, 0.2) is 30.3 Å². The van der Waals surface area contributed by atoms with Crippen LogP contribution in [0.2, 0.25) is 0 Å². The van der Waals surface area contributed by atoms with Crippen molar-refractivity contribution in [3.63, 3.8) is 0 Å². The van der Waals surface area contributed by atoms with Crippen LogP contribution in [0.25, 0.3) is 0 Å². The van der Waals surface area contributed by atoms with Crippen molar-refractivity contribution in [2.45, 2.75) is 56.3 Å². The van der Waals surface area contributed by atoms with Crippen LogP contribution in [0.3, 0.4) is 0 Å². The molecule has 1 aliphatic rings. The highest BCUT2D eigenvalue weighted by Gasteiger charge is 2.38. The van der Waals surface area contributed by atoms with Crippen molar-refractivity contribution < 1.29 is 29.1 Å². The number of hydrogen-bond donors (Lipinski definition) is 5. The maximum Gasteiger partial charge on any atom is 0.326 e. The van der Waals surface area contributed by atoms with E-state index in [0.29, 0.717) is 25.1 Å². The van der Waals surface area contributed by atoms with Crippen molar-refractivity contribution in [3.05, 3.63) is 35.9 Å². The first-order chi connectivity index (χ1) is 16.6. The van der Waals surface area contributed by atoms with E-state index in [0.717, 1.165) is 5.56 Å². The van der Waals surface area contributed by atoms with E-state index in [-0.39, 0.29) is 19.3 Å². The molecule has 1 aliphatic heterocycles. The van der Waals surface area contributed by atoms with Gasteiger partial charge in [-0.15, -0.1) is 0 Å². The number of carboxylic acids is 1. The number of hydrogen-bond acceptors (Lipinski definition) is 7. The lowest BCUT2D eigenvalue weighted by molar-refractivity contribution is -0.143. The van der Waals surface area contributed by atoms with Gasteiger partial charge in [-0.2, -0.15) is 11.8 Å². The molecule has 192 valence electrons. The Morgan fingerprint density at radius 1 is 1.14 bits per heavy atom. The number of benzene rings is 1. The van der Waals surface area contributed by atoms with Crippen molar-refractivity contribution in [3.8, 4) is 0 Å². The predicted molar refractivity (Wildman–Crippen MR) is 131 cm³/mol. The van der Waals surface area contributed by atoms with Crippen LogP contribution in [0.5, 0.6) is 0 Å². The summed E-state index contributed by atoms with van der Waals surface area (Å²) in [5, 5.41) is 14.8. The largest absolute Gasteiger partial charge is 0.480 e. The van der Waals surface area contributed by atoms with Crippen LogP contribution in [0.4, 0.5) is 0 Å². The highest BCUT2D eigenvalue weighted by molar-refractivity contribution is 7.98. The van der Waals surface area contributed by atoms with Gasteiger partial charge < -0.3 is 32.1 Å². The summed E-state index contributed by atoms with van der Waals surface area (Å²) in [5.41, 5.74) is 11.6. The number of likely N-dealkylation sites (tertiary alicyclic amines) is 1. The fourth-order valence-corrected chi connectivity index (χ4v) is 4.39. The second-order valence-corrected chi connectivity index (χ2v) is 9.38. The van der Waals surface area contributed by atoms with Crippen LogP contribution in [0, 0.1) is 0 Å². The van der Waals surface area contributed by atoms with Gasteiger partial charge >= 0.3 is 5.97 Å². The number of carbonyl (C=O) groups excluding carboxylic acids is 4. The van der Waals surface area contributed by atoms with Crippen LogP contribution in [-0.4, -0.2) is 82.3 Å². The van der Waals surface area contributed by atoms with E-state index >= 15 is 0 Å². The number of thioether (sulfide) groups is 1. The van der Waals surface area contributed by atoms with E-state index in [4.69, 9.17) is 11.5 Å². The third-order valence-electron chi connectivity index (χ3n) is 5.72. The van der Waals surface area contributed by atoms with Crippen LogP contribution in [0.1, 0.15) is 31.2 Å². The molecule has 1 aromatic carbocycles. The second-order valence-electron chi connectivity index (χ2n) is 8.40. The van der Waals surface area contributed by atoms with Crippen LogP contribution in [-0.2, 0) is 30.4 Å². The molecular weight excluding hydrogens is 474 g/mol. The summed E-state index contributed by atoms with van der Waals surface area (Å²) in [7, 11) is 0. The molecule has 0 radical (unpaired) electrons. The number of rotatable bonds is 13. The number of aliphatic carboxylic acids is 1. The lowest BCUT2D eigenvalue weighted by Crippen LogP contribution is -2.57. The number of amides is 4. The van der Waals surface area contributed by atoms with Crippen LogP contribution >= 0.6 is 11.8 Å². The first kappa shape index (κ1) is 28.1. The Balaban J connectivity index is 2.09. The average Bonchev–Trinajstić information content (AvgIpc) is 3.30. The highest BCUT2D eigenvalue weighted by Crippen LogP contribution is 2.19. The number of carboxylic acid groups (broad SMARTS) is 1. The molecule has 35 heavy (non-hydrogen) atoms. The minimum absolute atomic E-state index is 0.0910. The summed E-state index contributed by atoms with van der Waals surface area (Å²) in [6, 6.07) is 4.76. The molecule has 0 aromatic heterocycles. The minimum Gasteiger partial charge on any atom is -0.480 e. The van der Waals surface area contributed by atoms with Gasteiger partial charge in [-0.25, -0.2) is 4.79 Å². The van der Waals surface area contributed by atoms with Gasteiger partial charge in [0.25, 0.3) is 0 Å². The zero-order valence-electron chi connectivity index (χ0n) is 19.6. The Morgan fingerprint density at radius 3 is 2.43 bits per heavy atom. The van der Waals surface area contributed by atoms with Crippen molar-refractivity contribution >= 4 is 41.4 Å². The quantitative estimate of drug-likeness (QED) is 0.230. The highest BCUT2D eigenvalue weighted by atomic mass is 32.2. The normalized spacial score (nSPS) is 17.8. The van der Waals surface area contributed by atoms with Gasteiger partial charge in [0.2, 0.25) is 23.6 Å². The SMILES string of the molecule is CSCCC(NC(=O)C1CCCN1C(=O)C(N)CC(N)=O)C(=O)NC(Cc1ccccc1)C(=O)O. The summed E-state index contributed by atoms with van der Waals surface area (Å²) in [5.74, 6) is -3.06. The van der Waals surface area contributed by atoms with E-state index in [1.807, 2.05) is 12.3 Å². The molecule has 7 N–H and O–H groups in total. The molecule has 4 unspecified atom stereocenters. The van der Waals surface area contributed by atoms with Gasteiger partial charge in [0, 0.05) is 13.0 Å². The van der Waals surface area contributed by atoms with Crippen molar-refractivity contribution in [2.75, 3.05) is 18.6 Å². The number of primary amides is 1. The molecule has 0 bridgehead atoms. The zero-order chi connectivity index (χ0) is 26.0. The molecule has 12 heteroatoms. The standard InChI is InChI=1S/C23H33N5O6S/c1-35-11-9-16(20(30)27-17(23(33)34)12-14-6-3-2-4-7-14)26-21(31)18-8-5-10-28(18)22(32)15(24)13-19(25)29/h2-4,6-7,15-18H,5,8-13,24H2,1H3,(H2,25,29)(H,26,31)(H,27,30)(H,33,34). The van der Waals surface area contributed by atoms with Crippen molar-refractivity contribution in [1.29, 1.82) is 0 Å². The molecule has 4 amide bonds. The average molecular weight is 508 g/mol. The molecule has 1 aromatic rings. The Hall–Kier alpha value is -3.12. The summed E-state index contributed by atoms with van der Waals surface area (Å²) < 4.78 is 0. The second kappa shape index (κ2) is 13.7. The maximum absolute atomic E-state index is 13.1. The Morgan fingerprint density at radius 2 is 1.83 bits per heavy atom. The summed E-state index contributed by atoms with van der Waals surface area (Å²) >= 11 is 1.48. The van der Waals surface area contributed by atoms with Crippen LogP contribution < -0.4 is 22.1 Å². The fourth-order valence-electron chi connectivity index (χ4n) is 3.91. The fraction of sp³-hybridized carbons (Fsp3) is 0.522. The van der Waals surface area contributed by atoms with E-state index in [1.165, 1.54) is 16.7 Å². The zero-order valence-corrected chi connectivity index (χ0v) is 20.5. The van der Waals surface area contributed by atoms with E-state index in [1.54, 1.807) is 24.3 Å². The topological polar surface area (TPSA) is 185 Å². The third-order valence-corrected chi connectivity index (χ3v) is 6.36. The molecule has 2 rings (SSSR count). The predicted octanol–water partition coefficient (Wildman–Crippen LogP) is -0.770. The molecule has 4 atom stereocenters. The maximum atomic E-state index is 13.1. The lowest BCUT2D eigenvalue weighted by atomic mass is 10.0. The van der Waals surface area contributed by atoms with Crippen molar-refractivity contribution in [2.24, 2.45) is 11.5 Å². The molecule has 1 fully saturated rings. The van der Waals surface area contributed by atoms with E-state index in [2.05, 4.69) is 10.6 Å².